The molecule has 0 radical (unpaired) electrons. The Bertz CT molecular complexity index is 766. The van der Waals surface area contributed by atoms with Gasteiger partial charge in [-0.15, -0.1) is 0 Å². The van der Waals surface area contributed by atoms with Gasteiger partial charge in [-0.1, -0.05) is 6.07 Å². The number of piperazine rings is 1. The number of hydrogen-bond acceptors (Lipinski definition) is 5. The number of anilines is 1. The van der Waals surface area contributed by atoms with Crippen molar-refractivity contribution in [2.45, 2.75) is 6.42 Å². The van der Waals surface area contributed by atoms with Crippen molar-refractivity contribution in [1.29, 1.82) is 0 Å². The maximum Gasteiger partial charge on any atom is 0.233 e. The molecule has 0 spiro atoms. The highest BCUT2D eigenvalue weighted by atomic mass is 79.9. The summed E-state index contributed by atoms with van der Waals surface area (Å²) >= 11 is 3.15. The van der Waals surface area contributed by atoms with Crippen LogP contribution in [0.15, 0.2) is 35.1 Å². The number of benzene rings is 1. The van der Waals surface area contributed by atoms with Gasteiger partial charge in [0, 0.05) is 26.2 Å². The van der Waals surface area contributed by atoms with E-state index < -0.39 is 0 Å². The maximum absolute atomic E-state index is 13.3. The second kappa shape index (κ2) is 7.77. The summed E-state index contributed by atoms with van der Waals surface area (Å²) in [6.45, 7) is 2.58. The van der Waals surface area contributed by atoms with E-state index in [9.17, 15) is 9.18 Å². The average Bonchev–Trinajstić information content (AvgIpc) is 2.65. The van der Waals surface area contributed by atoms with Crippen LogP contribution < -0.4 is 9.64 Å². The first kappa shape index (κ1) is 17.6. The SMILES string of the molecule is COc1cncc(N2CCN(C(=O)Cc3ccc(F)c(Br)c3)CC2)n1. The van der Waals surface area contributed by atoms with Crippen molar-refractivity contribution in [2.24, 2.45) is 0 Å². The molecule has 1 aliphatic rings. The van der Waals surface area contributed by atoms with Crippen molar-refractivity contribution in [3.05, 3.63) is 46.4 Å². The standard InChI is InChI=1S/C17H18BrFN4O2/c1-25-16-11-20-10-15(21-16)22-4-6-23(7-5-22)17(24)9-12-2-3-14(19)13(18)8-12/h2-3,8,10-11H,4-7,9H2,1H3. The summed E-state index contributed by atoms with van der Waals surface area (Å²) in [6.07, 6.45) is 3.51. The second-order valence-corrected chi connectivity index (χ2v) is 6.57. The van der Waals surface area contributed by atoms with Crippen molar-refractivity contribution >= 4 is 27.7 Å². The lowest BCUT2D eigenvalue weighted by Gasteiger charge is -2.35. The number of halogens is 2. The third kappa shape index (κ3) is 4.25. The number of methoxy groups -OCH3 is 1. The molecule has 1 saturated heterocycles. The molecule has 1 aliphatic heterocycles. The first-order valence-electron chi connectivity index (χ1n) is 7.89. The van der Waals surface area contributed by atoms with Gasteiger partial charge in [-0.2, -0.15) is 4.98 Å². The predicted octanol–water partition coefficient (Wildman–Crippen LogP) is 2.28. The lowest BCUT2D eigenvalue weighted by molar-refractivity contribution is -0.130. The molecule has 0 bridgehead atoms. The molecule has 0 N–H and O–H groups in total. The number of carbonyl (C=O) groups excluding carboxylic acids is 1. The Morgan fingerprint density at radius 3 is 2.72 bits per heavy atom. The highest BCUT2D eigenvalue weighted by Gasteiger charge is 2.22. The van der Waals surface area contributed by atoms with E-state index in [0.29, 0.717) is 36.5 Å². The molecule has 6 nitrogen and oxygen atoms in total. The van der Waals surface area contributed by atoms with Crippen molar-refractivity contribution in [3.63, 3.8) is 0 Å². The summed E-state index contributed by atoms with van der Waals surface area (Å²) < 4.78 is 18.7. The minimum absolute atomic E-state index is 0.0369. The summed E-state index contributed by atoms with van der Waals surface area (Å²) in [4.78, 5) is 24.8. The third-order valence-corrected chi connectivity index (χ3v) is 4.71. The number of rotatable bonds is 4. The van der Waals surface area contributed by atoms with Crippen LogP contribution in [-0.4, -0.2) is 54.1 Å². The van der Waals surface area contributed by atoms with Gasteiger partial charge in [-0.25, -0.2) is 4.39 Å². The van der Waals surface area contributed by atoms with Crippen molar-refractivity contribution in [2.75, 3.05) is 38.2 Å². The molecule has 2 heterocycles. The van der Waals surface area contributed by atoms with E-state index in [2.05, 4.69) is 30.8 Å². The van der Waals surface area contributed by atoms with Crippen molar-refractivity contribution in [1.82, 2.24) is 14.9 Å². The molecule has 132 valence electrons. The van der Waals surface area contributed by atoms with Gasteiger partial charge in [0.15, 0.2) is 5.82 Å². The molecule has 2 aromatic rings. The third-order valence-electron chi connectivity index (χ3n) is 4.10. The van der Waals surface area contributed by atoms with E-state index in [1.165, 1.54) is 6.07 Å². The normalized spacial score (nSPS) is 14.5. The fraction of sp³-hybridized carbons (Fsp3) is 0.353. The lowest BCUT2D eigenvalue weighted by atomic mass is 10.1. The number of amides is 1. The Morgan fingerprint density at radius 1 is 1.28 bits per heavy atom. The van der Waals surface area contributed by atoms with Crippen LogP contribution in [0.4, 0.5) is 10.2 Å². The van der Waals surface area contributed by atoms with Crippen LogP contribution in [0.25, 0.3) is 0 Å². The molecule has 1 aromatic heterocycles. The van der Waals surface area contributed by atoms with E-state index in [0.717, 1.165) is 11.4 Å². The van der Waals surface area contributed by atoms with Crippen LogP contribution in [0, 0.1) is 5.82 Å². The molecule has 8 heteroatoms. The fourth-order valence-corrected chi connectivity index (χ4v) is 3.14. The molecule has 1 aromatic carbocycles. The Morgan fingerprint density at radius 2 is 2.04 bits per heavy atom. The molecule has 1 fully saturated rings. The van der Waals surface area contributed by atoms with Gasteiger partial charge in [0.2, 0.25) is 11.8 Å². The predicted molar refractivity (Wildman–Crippen MR) is 95.2 cm³/mol. The number of nitrogens with zero attached hydrogens (tertiary/aromatic N) is 4. The zero-order valence-corrected chi connectivity index (χ0v) is 15.4. The first-order chi connectivity index (χ1) is 12.1. The molecule has 25 heavy (non-hydrogen) atoms. The minimum atomic E-state index is -0.329. The van der Waals surface area contributed by atoms with E-state index in [1.807, 2.05) is 4.90 Å². The quantitative estimate of drug-likeness (QED) is 0.776. The van der Waals surface area contributed by atoms with Gasteiger partial charge < -0.3 is 14.5 Å². The Balaban J connectivity index is 1.57. The molecule has 0 unspecified atom stereocenters. The van der Waals surface area contributed by atoms with Crippen LogP contribution >= 0.6 is 15.9 Å². The zero-order chi connectivity index (χ0) is 17.8. The Labute approximate surface area is 153 Å². The van der Waals surface area contributed by atoms with Crippen LogP contribution in [0.2, 0.25) is 0 Å². The maximum atomic E-state index is 13.3. The first-order valence-corrected chi connectivity index (χ1v) is 8.69. The number of ether oxygens (including phenoxy) is 1. The van der Waals surface area contributed by atoms with Gasteiger partial charge in [0.05, 0.1) is 30.4 Å². The highest BCUT2D eigenvalue weighted by molar-refractivity contribution is 9.10. The summed E-state index contributed by atoms with van der Waals surface area (Å²) in [6, 6.07) is 4.65. The molecule has 0 atom stereocenters. The van der Waals surface area contributed by atoms with Crippen molar-refractivity contribution < 1.29 is 13.9 Å². The second-order valence-electron chi connectivity index (χ2n) is 5.71. The van der Waals surface area contributed by atoms with E-state index >= 15 is 0 Å². The Kier molecular flexibility index (Phi) is 5.47. The van der Waals surface area contributed by atoms with Crippen LogP contribution in [-0.2, 0) is 11.2 Å². The van der Waals surface area contributed by atoms with Crippen molar-refractivity contribution in [3.8, 4) is 5.88 Å². The van der Waals surface area contributed by atoms with Gasteiger partial charge in [-0.05, 0) is 33.6 Å². The van der Waals surface area contributed by atoms with E-state index in [4.69, 9.17) is 4.74 Å². The summed E-state index contributed by atoms with van der Waals surface area (Å²) in [7, 11) is 1.55. The molecular weight excluding hydrogens is 391 g/mol. The zero-order valence-electron chi connectivity index (χ0n) is 13.8. The van der Waals surface area contributed by atoms with Gasteiger partial charge in [0.1, 0.15) is 5.82 Å². The van der Waals surface area contributed by atoms with Gasteiger partial charge in [-0.3, -0.25) is 9.78 Å². The largest absolute Gasteiger partial charge is 0.480 e. The monoisotopic (exact) mass is 408 g/mol. The molecule has 1 amide bonds. The molecule has 0 aliphatic carbocycles. The number of carbonyl (C=O) groups is 1. The molecule has 0 saturated carbocycles. The summed E-state index contributed by atoms with van der Waals surface area (Å²) in [5, 5.41) is 0. The molecule has 3 rings (SSSR count). The van der Waals surface area contributed by atoms with Gasteiger partial charge in [0.25, 0.3) is 0 Å². The fourth-order valence-electron chi connectivity index (χ4n) is 2.71. The minimum Gasteiger partial charge on any atom is -0.480 e. The number of aromatic nitrogens is 2. The van der Waals surface area contributed by atoms with Crippen LogP contribution in [0.1, 0.15) is 5.56 Å². The van der Waals surface area contributed by atoms with Crippen LogP contribution in [0.3, 0.4) is 0 Å². The molecular formula is C17H18BrFN4O2. The van der Waals surface area contributed by atoms with E-state index in [1.54, 1.807) is 31.6 Å². The van der Waals surface area contributed by atoms with Gasteiger partial charge >= 0.3 is 0 Å². The average molecular weight is 409 g/mol. The smallest absolute Gasteiger partial charge is 0.233 e. The summed E-state index contributed by atoms with van der Waals surface area (Å²) in [5.74, 6) is 0.922. The van der Waals surface area contributed by atoms with Crippen LogP contribution in [0.5, 0.6) is 5.88 Å². The Hall–Kier alpha value is -2.22. The summed E-state index contributed by atoms with van der Waals surface area (Å²) in [5.41, 5.74) is 0.791. The topological polar surface area (TPSA) is 58.6 Å². The lowest BCUT2D eigenvalue weighted by Crippen LogP contribution is -2.49. The highest BCUT2D eigenvalue weighted by Crippen LogP contribution is 2.19. The number of hydrogen-bond donors (Lipinski definition) is 0. The van der Waals surface area contributed by atoms with E-state index in [-0.39, 0.29) is 18.1 Å².